The molecule has 0 aliphatic heterocycles. The lowest BCUT2D eigenvalue weighted by Crippen LogP contribution is -2.40. The Morgan fingerprint density at radius 2 is 1.69 bits per heavy atom. The number of fused-ring (bicyclic) bond motifs is 1. The molecule has 5 aromatic rings. The number of anilines is 2. The van der Waals surface area contributed by atoms with Gasteiger partial charge in [0.25, 0.3) is 0 Å². The maximum atomic E-state index is 13.1. The zero-order valence-corrected chi connectivity index (χ0v) is 21.7. The van der Waals surface area contributed by atoms with Gasteiger partial charge in [-0.2, -0.15) is 5.10 Å². The van der Waals surface area contributed by atoms with Gasteiger partial charge in [0.15, 0.2) is 0 Å². The molecule has 0 unspecified atom stereocenters. The van der Waals surface area contributed by atoms with Crippen LogP contribution in [0.4, 0.5) is 16.3 Å². The molecule has 198 valence electrons. The fourth-order valence-corrected chi connectivity index (χ4v) is 4.91. The largest absolute Gasteiger partial charge is 0.394 e. The number of hydrogen-bond donors (Lipinski definition) is 5. The second-order valence-corrected chi connectivity index (χ2v) is 9.83. The molecule has 0 bridgehead atoms. The van der Waals surface area contributed by atoms with E-state index >= 15 is 0 Å². The minimum Gasteiger partial charge on any atom is -0.394 e. The summed E-state index contributed by atoms with van der Waals surface area (Å²) < 4.78 is 1.63. The standard InChI is InChI=1S/C29H27N5O4S/c35-17-21(18-36)30-28(37)15-19-6-3-9-22(14-19)34-27(16-25(33-34)26-12-5-13-39-26)32-29(38)31-24-11-4-8-20-7-1-2-10-23(20)24/h1-14,16,21,35-36H,15,17-18H2,(H,30,37)(H2,31,32,38). The van der Waals surface area contributed by atoms with E-state index in [0.717, 1.165) is 15.6 Å². The second-order valence-electron chi connectivity index (χ2n) is 8.89. The summed E-state index contributed by atoms with van der Waals surface area (Å²) in [6.45, 7) is -0.701. The third-order valence-electron chi connectivity index (χ3n) is 6.09. The van der Waals surface area contributed by atoms with Gasteiger partial charge in [-0.1, -0.05) is 54.6 Å². The summed E-state index contributed by atoms with van der Waals surface area (Å²) in [7, 11) is 0. The quantitative estimate of drug-likeness (QED) is 0.189. The summed E-state index contributed by atoms with van der Waals surface area (Å²) in [4.78, 5) is 26.5. The van der Waals surface area contributed by atoms with E-state index in [9.17, 15) is 19.8 Å². The molecular weight excluding hydrogens is 514 g/mol. The molecule has 0 atom stereocenters. The molecule has 3 aromatic carbocycles. The minimum absolute atomic E-state index is 0.0493. The van der Waals surface area contributed by atoms with Crippen LogP contribution in [0.25, 0.3) is 27.0 Å². The van der Waals surface area contributed by atoms with Gasteiger partial charge in [-0.25, -0.2) is 9.48 Å². The molecule has 0 aliphatic carbocycles. The van der Waals surface area contributed by atoms with Gasteiger partial charge in [0, 0.05) is 11.5 Å². The Balaban J connectivity index is 1.41. The Hall–Kier alpha value is -4.51. The van der Waals surface area contributed by atoms with Crippen LogP contribution in [0.15, 0.2) is 90.3 Å². The van der Waals surface area contributed by atoms with E-state index in [-0.39, 0.29) is 25.5 Å². The number of aromatic nitrogens is 2. The lowest BCUT2D eigenvalue weighted by molar-refractivity contribution is -0.121. The van der Waals surface area contributed by atoms with Gasteiger partial charge in [-0.3, -0.25) is 10.1 Å². The zero-order valence-electron chi connectivity index (χ0n) is 20.9. The second kappa shape index (κ2) is 11.9. The van der Waals surface area contributed by atoms with Crippen LogP contribution in [0.1, 0.15) is 5.56 Å². The number of carbonyl (C=O) groups is 2. The van der Waals surface area contributed by atoms with Gasteiger partial charge in [0.2, 0.25) is 5.91 Å². The number of nitrogens with zero attached hydrogens (tertiary/aromatic N) is 2. The lowest BCUT2D eigenvalue weighted by atomic mass is 10.1. The highest BCUT2D eigenvalue weighted by atomic mass is 32.1. The first-order chi connectivity index (χ1) is 19.0. The van der Waals surface area contributed by atoms with Crippen molar-refractivity contribution in [3.63, 3.8) is 0 Å². The van der Waals surface area contributed by atoms with Crippen molar-refractivity contribution in [3.05, 3.63) is 95.9 Å². The zero-order chi connectivity index (χ0) is 27.2. The summed E-state index contributed by atoms with van der Waals surface area (Å²) in [5.74, 6) is 0.131. The summed E-state index contributed by atoms with van der Waals surface area (Å²) in [5.41, 5.74) is 2.75. The van der Waals surface area contributed by atoms with Crippen LogP contribution in [0.2, 0.25) is 0 Å². The van der Waals surface area contributed by atoms with Crippen molar-refractivity contribution in [2.24, 2.45) is 0 Å². The molecule has 0 fully saturated rings. The average molecular weight is 542 g/mol. The first-order valence-electron chi connectivity index (χ1n) is 12.3. The van der Waals surface area contributed by atoms with Crippen LogP contribution in [0, 0.1) is 0 Å². The number of carbonyl (C=O) groups excluding carboxylic acids is 2. The summed E-state index contributed by atoms with van der Waals surface area (Å²) in [6.07, 6.45) is 0.0493. The van der Waals surface area contributed by atoms with E-state index in [1.165, 1.54) is 11.3 Å². The molecule has 3 amide bonds. The predicted octanol–water partition coefficient (Wildman–Crippen LogP) is 4.41. The maximum absolute atomic E-state index is 13.1. The van der Waals surface area contributed by atoms with Crippen LogP contribution in [-0.4, -0.2) is 51.2 Å². The molecule has 39 heavy (non-hydrogen) atoms. The number of aliphatic hydroxyl groups excluding tert-OH is 2. The molecule has 2 aromatic heterocycles. The number of hydrogen-bond acceptors (Lipinski definition) is 6. The molecular formula is C29H27N5O4S. The van der Waals surface area contributed by atoms with Crippen LogP contribution in [0.5, 0.6) is 0 Å². The Morgan fingerprint density at radius 3 is 2.49 bits per heavy atom. The first kappa shape index (κ1) is 26.1. The monoisotopic (exact) mass is 541 g/mol. The molecule has 9 nitrogen and oxygen atoms in total. The molecule has 0 saturated heterocycles. The topological polar surface area (TPSA) is 129 Å². The van der Waals surface area contributed by atoms with Crippen molar-refractivity contribution in [2.75, 3.05) is 23.8 Å². The molecule has 5 rings (SSSR count). The van der Waals surface area contributed by atoms with Crippen LogP contribution >= 0.6 is 11.3 Å². The fourth-order valence-electron chi connectivity index (χ4n) is 4.23. The summed E-state index contributed by atoms with van der Waals surface area (Å²) >= 11 is 1.54. The van der Waals surface area contributed by atoms with E-state index in [1.807, 2.05) is 72.1 Å². The van der Waals surface area contributed by atoms with Gasteiger partial charge in [0.1, 0.15) is 11.5 Å². The molecule has 2 heterocycles. The van der Waals surface area contributed by atoms with Gasteiger partial charge >= 0.3 is 6.03 Å². The normalized spacial score (nSPS) is 11.1. The van der Waals surface area contributed by atoms with E-state index in [2.05, 4.69) is 16.0 Å². The van der Waals surface area contributed by atoms with Crippen molar-refractivity contribution < 1.29 is 19.8 Å². The number of rotatable bonds is 9. The highest BCUT2D eigenvalue weighted by molar-refractivity contribution is 7.13. The van der Waals surface area contributed by atoms with Crippen LogP contribution in [0.3, 0.4) is 0 Å². The van der Waals surface area contributed by atoms with E-state index in [4.69, 9.17) is 5.10 Å². The van der Waals surface area contributed by atoms with Crippen LogP contribution < -0.4 is 16.0 Å². The Kier molecular flexibility index (Phi) is 7.97. The molecule has 10 heteroatoms. The molecule has 5 N–H and O–H groups in total. The minimum atomic E-state index is -0.712. The van der Waals surface area contributed by atoms with Crippen molar-refractivity contribution >= 4 is 45.6 Å². The smallest absolute Gasteiger partial charge is 0.324 e. The van der Waals surface area contributed by atoms with Gasteiger partial charge < -0.3 is 20.8 Å². The molecule has 0 saturated carbocycles. The Labute approximate surface area is 228 Å². The van der Waals surface area contributed by atoms with Crippen molar-refractivity contribution in [3.8, 4) is 16.3 Å². The van der Waals surface area contributed by atoms with E-state index in [1.54, 1.807) is 22.9 Å². The van der Waals surface area contributed by atoms with E-state index in [0.29, 0.717) is 28.5 Å². The van der Waals surface area contributed by atoms with Crippen molar-refractivity contribution in [1.82, 2.24) is 15.1 Å². The predicted molar refractivity (Wildman–Crippen MR) is 153 cm³/mol. The number of amides is 3. The van der Waals surface area contributed by atoms with Crippen molar-refractivity contribution in [2.45, 2.75) is 12.5 Å². The maximum Gasteiger partial charge on any atom is 0.324 e. The highest BCUT2D eigenvalue weighted by Gasteiger charge is 2.16. The third kappa shape index (κ3) is 6.15. The van der Waals surface area contributed by atoms with Gasteiger partial charge in [-0.05, 0) is 40.6 Å². The number of nitrogens with one attached hydrogen (secondary N) is 3. The molecule has 0 radical (unpaired) electrons. The summed E-state index contributed by atoms with van der Waals surface area (Å²) in [6, 6.07) is 25.4. The Morgan fingerprint density at radius 1 is 0.897 bits per heavy atom. The molecule has 0 aliphatic rings. The third-order valence-corrected chi connectivity index (χ3v) is 6.98. The van der Waals surface area contributed by atoms with E-state index < -0.39 is 12.1 Å². The van der Waals surface area contributed by atoms with Crippen molar-refractivity contribution in [1.29, 1.82) is 0 Å². The van der Waals surface area contributed by atoms with Gasteiger partial charge in [-0.15, -0.1) is 11.3 Å². The first-order valence-corrected chi connectivity index (χ1v) is 13.2. The fraction of sp³-hybridized carbons (Fsp3) is 0.138. The van der Waals surface area contributed by atoms with Gasteiger partial charge in [0.05, 0.1) is 41.9 Å². The highest BCUT2D eigenvalue weighted by Crippen LogP contribution is 2.29. The number of urea groups is 1. The summed E-state index contributed by atoms with van der Waals surface area (Å²) in [5, 5.41) is 35.6. The number of thiophene rings is 1. The number of aliphatic hydroxyl groups is 2. The Bertz CT molecular complexity index is 1590. The van der Waals surface area contributed by atoms with Crippen LogP contribution in [-0.2, 0) is 11.2 Å². The average Bonchev–Trinajstić information content (AvgIpc) is 3.63. The lowest BCUT2D eigenvalue weighted by Gasteiger charge is -2.14. The molecule has 0 spiro atoms. The number of benzene rings is 3. The SMILES string of the molecule is O=C(Cc1cccc(-n2nc(-c3cccs3)cc2NC(=O)Nc2cccc3ccccc23)c1)NC(CO)CO.